The topological polar surface area (TPSA) is 59.9 Å². The Morgan fingerprint density at radius 1 is 1.00 bits per heavy atom. The lowest BCUT2D eigenvalue weighted by Gasteiger charge is -2.18. The SMILES string of the molecule is O=C(Cc1cccc2ccccc12)NN=Cc1ccc2c(c1)OCCO2. The number of benzene rings is 3. The zero-order chi connectivity index (χ0) is 17.8. The monoisotopic (exact) mass is 346 g/mol. The summed E-state index contributed by atoms with van der Waals surface area (Å²) in [5.74, 6) is 1.27. The van der Waals surface area contributed by atoms with Crippen molar-refractivity contribution < 1.29 is 14.3 Å². The molecule has 1 heterocycles. The van der Waals surface area contributed by atoms with Gasteiger partial charge < -0.3 is 9.47 Å². The van der Waals surface area contributed by atoms with Crippen LogP contribution >= 0.6 is 0 Å². The minimum atomic E-state index is -0.157. The summed E-state index contributed by atoms with van der Waals surface area (Å²) < 4.78 is 11.0. The van der Waals surface area contributed by atoms with E-state index >= 15 is 0 Å². The number of rotatable bonds is 4. The minimum Gasteiger partial charge on any atom is -0.486 e. The molecule has 1 N–H and O–H groups in total. The van der Waals surface area contributed by atoms with Crippen LogP contribution in [0, 0.1) is 0 Å². The molecule has 0 bridgehead atoms. The number of hydrogen-bond donors (Lipinski definition) is 1. The largest absolute Gasteiger partial charge is 0.486 e. The van der Waals surface area contributed by atoms with Crippen LogP contribution in [0.1, 0.15) is 11.1 Å². The highest BCUT2D eigenvalue weighted by molar-refractivity contribution is 5.90. The van der Waals surface area contributed by atoms with Gasteiger partial charge in [-0.05, 0) is 40.1 Å². The van der Waals surface area contributed by atoms with Crippen molar-refractivity contribution in [2.75, 3.05) is 13.2 Å². The van der Waals surface area contributed by atoms with Gasteiger partial charge in [-0.25, -0.2) is 5.43 Å². The van der Waals surface area contributed by atoms with Crippen molar-refractivity contribution in [3.63, 3.8) is 0 Å². The summed E-state index contributed by atoms with van der Waals surface area (Å²) >= 11 is 0. The zero-order valence-electron chi connectivity index (χ0n) is 14.1. The van der Waals surface area contributed by atoms with Crippen LogP contribution in [-0.4, -0.2) is 25.3 Å². The lowest BCUT2D eigenvalue weighted by Crippen LogP contribution is -2.20. The highest BCUT2D eigenvalue weighted by Gasteiger charge is 2.11. The fourth-order valence-corrected chi connectivity index (χ4v) is 2.98. The first-order valence-corrected chi connectivity index (χ1v) is 8.48. The van der Waals surface area contributed by atoms with Crippen LogP contribution in [0.3, 0.4) is 0 Å². The minimum absolute atomic E-state index is 0.157. The number of amides is 1. The van der Waals surface area contributed by atoms with Crippen molar-refractivity contribution in [3.8, 4) is 11.5 Å². The molecular formula is C21H18N2O3. The Labute approximate surface area is 151 Å². The first kappa shape index (κ1) is 16.1. The molecule has 1 aliphatic heterocycles. The first-order valence-electron chi connectivity index (χ1n) is 8.48. The summed E-state index contributed by atoms with van der Waals surface area (Å²) in [4.78, 5) is 12.2. The van der Waals surface area contributed by atoms with Crippen LogP contribution in [0.15, 0.2) is 65.8 Å². The van der Waals surface area contributed by atoms with Gasteiger partial charge in [0.05, 0.1) is 12.6 Å². The molecule has 0 atom stereocenters. The average molecular weight is 346 g/mol. The molecule has 0 aromatic heterocycles. The number of nitrogens with zero attached hydrogens (tertiary/aromatic N) is 1. The summed E-state index contributed by atoms with van der Waals surface area (Å²) in [6.45, 7) is 1.10. The number of fused-ring (bicyclic) bond motifs is 2. The highest BCUT2D eigenvalue weighted by atomic mass is 16.6. The predicted molar refractivity (Wildman–Crippen MR) is 101 cm³/mol. The Balaban J connectivity index is 1.41. The van der Waals surface area contributed by atoms with Gasteiger partial charge in [0.25, 0.3) is 0 Å². The van der Waals surface area contributed by atoms with Crippen LogP contribution < -0.4 is 14.9 Å². The van der Waals surface area contributed by atoms with E-state index < -0.39 is 0 Å². The molecule has 0 aliphatic carbocycles. The molecule has 130 valence electrons. The Hall–Kier alpha value is -3.34. The molecule has 3 aromatic carbocycles. The number of nitrogens with one attached hydrogen (secondary N) is 1. The van der Waals surface area contributed by atoms with E-state index in [1.807, 2.05) is 60.7 Å². The molecule has 0 spiro atoms. The Kier molecular flexibility index (Phi) is 4.51. The Morgan fingerprint density at radius 2 is 1.81 bits per heavy atom. The second-order valence-corrected chi connectivity index (χ2v) is 6.01. The molecule has 1 amide bonds. The molecule has 0 fully saturated rings. The fraction of sp³-hybridized carbons (Fsp3) is 0.143. The summed E-state index contributed by atoms with van der Waals surface area (Å²) in [5, 5.41) is 6.25. The zero-order valence-corrected chi connectivity index (χ0v) is 14.1. The maximum Gasteiger partial charge on any atom is 0.244 e. The van der Waals surface area contributed by atoms with E-state index in [4.69, 9.17) is 9.47 Å². The molecule has 0 unspecified atom stereocenters. The third-order valence-corrected chi connectivity index (χ3v) is 4.20. The van der Waals surface area contributed by atoms with E-state index in [0.717, 1.165) is 27.6 Å². The highest BCUT2D eigenvalue weighted by Crippen LogP contribution is 2.30. The maximum atomic E-state index is 12.2. The van der Waals surface area contributed by atoms with Gasteiger partial charge in [0.2, 0.25) is 5.91 Å². The number of hydrazone groups is 1. The lowest BCUT2D eigenvalue weighted by molar-refractivity contribution is -0.120. The summed E-state index contributed by atoms with van der Waals surface area (Å²) in [6, 6.07) is 19.5. The van der Waals surface area contributed by atoms with Gasteiger partial charge in [-0.1, -0.05) is 42.5 Å². The van der Waals surface area contributed by atoms with E-state index in [0.29, 0.717) is 19.0 Å². The van der Waals surface area contributed by atoms with E-state index in [-0.39, 0.29) is 12.3 Å². The molecule has 26 heavy (non-hydrogen) atoms. The number of carbonyl (C=O) groups is 1. The number of carbonyl (C=O) groups excluding carboxylic acids is 1. The standard InChI is InChI=1S/C21H18N2O3/c24-21(13-17-6-3-5-16-4-1-2-7-18(16)17)23-22-14-15-8-9-19-20(12-15)26-11-10-25-19/h1-9,12,14H,10-11,13H2,(H,23,24). The van der Waals surface area contributed by atoms with Gasteiger partial charge in [-0.2, -0.15) is 5.10 Å². The smallest absolute Gasteiger partial charge is 0.244 e. The number of ether oxygens (including phenoxy) is 2. The summed E-state index contributed by atoms with van der Waals surface area (Å²) in [7, 11) is 0. The van der Waals surface area contributed by atoms with Crippen molar-refractivity contribution in [2.45, 2.75) is 6.42 Å². The van der Waals surface area contributed by atoms with Crippen LogP contribution in [0.25, 0.3) is 10.8 Å². The van der Waals surface area contributed by atoms with Crippen molar-refractivity contribution in [1.29, 1.82) is 0 Å². The predicted octanol–water partition coefficient (Wildman–Crippen LogP) is 3.30. The molecule has 0 saturated heterocycles. The fourth-order valence-electron chi connectivity index (χ4n) is 2.98. The maximum absolute atomic E-state index is 12.2. The average Bonchev–Trinajstić information content (AvgIpc) is 2.68. The van der Waals surface area contributed by atoms with E-state index in [2.05, 4.69) is 10.5 Å². The van der Waals surface area contributed by atoms with Gasteiger partial charge >= 0.3 is 0 Å². The van der Waals surface area contributed by atoms with Crippen LogP contribution in [-0.2, 0) is 11.2 Å². The summed E-state index contributed by atoms with van der Waals surface area (Å²) in [6.07, 6.45) is 1.87. The summed E-state index contributed by atoms with van der Waals surface area (Å²) in [5.41, 5.74) is 4.40. The van der Waals surface area contributed by atoms with Crippen molar-refractivity contribution in [2.24, 2.45) is 5.10 Å². The quantitative estimate of drug-likeness (QED) is 0.582. The molecule has 4 rings (SSSR count). The van der Waals surface area contributed by atoms with Crippen LogP contribution in [0.2, 0.25) is 0 Å². The lowest BCUT2D eigenvalue weighted by atomic mass is 10.0. The van der Waals surface area contributed by atoms with Gasteiger partial charge in [-0.15, -0.1) is 0 Å². The van der Waals surface area contributed by atoms with Gasteiger partial charge in [0.1, 0.15) is 13.2 Å². The van der Waals surface area contributed by atoms with Crippen LogP contribution in [0.5, 0.6) is 11.5 Å². The second kappa shape index (κ2) is 7.27. The molecular weight excluding hydrogens is 328 g/mol. The Morgan fingerprint density at radius 3 is 2.73 bits per heavy atom. The molecule has 5 nitrogen and oxygen atoms in total. The van der Waals surface area contributed by atoms with Crippen molar-refractivity contribution in [3.05, 3.63) is 71.8 Å². The normalized spacial score (nSPS) is 13.1. The second-order valence-electron chi connectivity index (χ2n) is 6.01. The van der Waals surface area contributed by atoms with E-state index in [9.17, 15) is 4.79 Å². The third-order valence-electron chi connectivity index (χ3n) is 4.20. The molecule has 1 aliphatic rings. The van der Waals surface area contributed by atoms with Crippen LogP contribution in [0.4, 0.5) is 0 Å². The van der Waals surface area contributed by atoms with Crippen molar-refractivity contribution >= 4 is 22.9 Å². The van der Waals surface area contributed by atoms with Gasteiger partial charge in [0, 0.05) is 0 Å². The van der Waals surface area contributed by atoms with Gasteiger partial charge in [-0.3, -0.25) is 4.79 Å². The third kappa shape index (κ3) is 3.52. The Bertz CT molecular complexity index is 977. The van der Waals surface area contributed by atoms with Gasteiger partial charge in [0.15, 0.2) is 11.5 Å². The molecule has 0 saturated carbocycles. The first-order chi connectivity index (χ1) is 12.8. The van der Waals surface area contributed by atoms with Crippen molar-refractivity contribution in [1.82, 2.24) is 5.43 Å². The number of hydrogen-bond acceptors (Lipinski definition) is 4. The molecule has 5 heteroatoms. The van der Waals surface area contributed by atoms with E-state index in [1.165, 1.54) is 0 Å². The molecule has 0 radical (unpaired) electrons. The molecule has 3 aromatic rings. The van der Waals surface area contributed by atoms with E-state index in [1.54, 1.807) is 6.21 Å².